The molecule has 0 aromatic rings. The van der Waals surface area contributed by atoms with E-state index in [1.807, 2.05) is 0 Å². The summed E-state index contributed by atoms with van der Waals surface area (Å²) in [5.41, 5.74) is 0. The molecular formula is C24H54HfO3. The first-order valence-corrected chi connectivity index (χ1v) is 12.1. The maximum absolute atomic E-state index is 8.42. The Morgan fingerprint density at radius 3 is 0.679 bits per heavy atom. The van der Waals surface area contributed by atoms with Crippen LogP contribution >= 0.6 is 0 Å². The summed E-state index contributed by atoms with van der Waals surface area (Å²) in [5, 5.41) is 25.3. The van der Waals surface area contributed by atoms with Crippen molar-refractivity contribution in [2.24, 2.45) is 0 Å². The van der Waals surface area contributed by atoms with Gasteiger partial charge in [-0.15, -0.1) is 0 Å². The van der Waals surface area contributed by atoms with Crippen LogP contribution in [0.25, 0.3) is 0 Å². The molecule has 0 saturated carbocycles. The number of unbranched alkanes of at least 4 members (excludes halogenated alkanes) is 15. The minimum atomic E-state index is 0. The summed E-state index contributed by atoms with van der Waals surface area (Å²) in [7, 11) is 0. The Labute approximate surface area is 196 Å². The average molecular weight is 569 g/mol. The number of aliphatic hydroxyl groups excluding tert-OH is 3. The quantitative estimate of drug-likeness (QED) is 0.123. The number of hydrogen-bond donors (Lipinski definition) is 3. The van der Waals surface area contributed by atoms with Crippen LogP contribution in [0.4, 0.5) is 0 Å². The van der Waals surface area contributed by atoms with Crippen molar-refractivity contribution in [2.45, 2.75) is 136 Å². The van der Waals surface area contributed by atoms with Gasteiger partial charge in [-0.05, 0) is 19.3 Å². The minimum Gasteiger partial charge on any atom is -0.396 e. The molecule has 3 N–H and O–H groups in total. The molecule has 0 spiro atoms. The van der Waals surface area contributed by atoms with Gasteiger partial charge in [0.15, 0.2) is 0 Å². The zero-order valence-corrected chi connectivity index (χ0v) is 23.3. The second kappa shape index (κ2) is 42.0. The minimum absolute atomic E-state index is 0. The molecule has 28 heavy (non-hydrogen) atoms. The van der Waals surface area contributed by atoms with Gasteiger partial charge in [-0.3, -0.25) is 0 Å². The third-order valence-electron chi connectivity index (χ3n) is 4.54. The Morgan fingerprint density at radius 1 is 0.321 bits per heavy atom. The van der Waals surface area contributed by atoms with E-state index in [1.54, 1.807) is 0 Å². The molecule has 3 nitrogen and oxygen atoms in total. The molecule has 0 rings (SSSR count). The van der Waals surface area contributed by atoms with E-state index in [4.69, 9.17) is 15.3 Å². The molecule has 4 heteroatoms. The molecule has 0 amide bonds. The molecule has 0 fully saturated rings. The summed E-state index contributed by atoms with van der Waals surface area (Å²) >= 11 is 0. The van der Waals surface area contributed by atoms with Crippen LogP contribution in [0.15, 0.2) is 0 Å². The van der Waals surface area contributed by atoms with Gasteiger partial charge in [0, 0.05) is 45.7 Å². The van der Waals surface area contributed by atoms with Crippen molar-refractivity contribution in [1.82, 2.24) is 0 Å². The first-order valence-electron chi connectivity index (χ1n) is 12.1. The topological polar surface area (TPSA) is 60.7 Å². The molecule has 0 aliphatic heterocycles. The predicted molar refractivity (Wildman–Crippen MR) is 121 cm³/mol. The van der Waals surface area contributed by atoms with E-state index in [9.17, 15) is 0 Å². The molecule has 0 atom stereocenters. The maximum Gasteiger partial charge on any atom is 0.0431 e. The van der Waals surface area contributed by atoms with Crippen molar-refractivity contribution in [1.29, 1.82) is 0 Å². The first kappa shape index (κ1) is 36.1. The van der Waals surface area contributed by atoms with E-state index in [0.29, 0.717) is 19.8 Å². The van der Waals surface area contributed by atoms with Gasteiger partial charge in [0.1, 0.15) is 0 Å². The van der Waals surface area contributed by atoms with Gasteiger partial charge in [0.25, 0.3) is 0 Å². The van der Waals surface area contributed by atoms with E-state index in [2.05, 4.69) is 20.8 Å². The summed E-state index contributed by atoms with van der Waals surface area (Å²) in [6, 6.07) is 0. The third kappa shape index (κ3) is 50.5. The normalized spacial score (nSPS) is 9.64. The van der Waals surface area contributed by atoms with Gasteiger partial charge in [0.2, 0.25) is 0 Å². The molecular weight excluding hydrogens is 515 g/mol. The van der Waals surface area contributed by atoms with Gasteiger partial charge in [0.05, 0.1) is 0 Å². The number of aliphatic hydroxyl groups is 3. The Hall–Kier alpha value is 0.750. The van der Waals surface area contributed by atoms with Crippen LogP contribution in [-0.4, -0.2) is 35.1 Å². The summed E-state index contributed by atoms with van der Waals surface area (Å²) in [5.74, 6) is 0. The van der Waals surface area contributed by atoms with Gasteiger partial charge in [-0.25, -0.2) is 0 Å². The van der Waals surface area contributed by atoms with Crippen molar-refractivity contribution in [3.8, 4) is 0 Å². The molecule has 172 valence electrons. The van der Waals surface area contributed by atoms with Gasteiger partial charge >= 0.3 is 0 Å². The largest absolute Gasteiger partial charge is 0.396 e. The standard InChI is InChI=1S/3C8H18O.Hf/c3*1-2-3-4-5-6-7-8-9;/h3*9H,2-8H2,1H3;. The molecule has 0 heterocycles. The Bertz CT molecular complexity index is 153. The predicted octanol–water partition coefficient (Wildman–Crippen LogP) is 7.02. The Morgan fingerprint density at radius 2 is 0.500 bits per heavy atom. The summed E-state index contributed by atoms with van der Waals surface area (Å²) < 4.78 is 0. The fourth-order valence-electron chi connectivity index (χ4n) is 2.68. The smallest absolute Gasteiger partial charge is 0.0431 e. The molecule has 0 aromatic heterocycles. The summed E-state index contributed by atoms with van der Waals surface area (Å²) in [6.07, 6.45) is 22.5. The first-order chi connectivity index (χ1) is 13.2. The van der Waals surface area contributed by atoms with E-state index in [1.165, 1.54) is 96.3 Å². The molecule has 0 radical (unpaired) electrons. The summed E-state index contributed by atoms with van der Waals surface area (Å²) in [6.45, 7) is 7.74. The van der Waals surface area contributed by atoms with Crippen molar-refractivity contribution in [3.05, 3.63) is 0 Å². The Balaban J connectivity index is -0.000000152. The van der Waals surface area contributed by atoms with Crippen molar-refractivity contribution < 1.29 is 41.2 Å². The fraction of sp³-hybridized carbons (Fsp3) is 1.00. The average Bonchev–Trinajstić information content (AvgIpc) is 2.69. The van der Waals surface area contributed by atoms with Gasteiger partial charge < -0.3 is 15.3 Å². The molecule has 0 aromatic carbocycles. The maximum atomic E-state index is 8.42. The van der Waals surface area contributed by atoms with Crippen LogP contribution in [0.1, 0.15) is 136 Å². The number of hydrogen-bond acceptors (Lipinski definition) is 3. The third-order valence-corrected chi connectivity index (χ3v) is 4.54. The molecule has 0 aliphatic rings. The zero-order valence-electron chi connectivity index (χ0n) is 19.7. The van der Waals surface area contributed by atoms with E-state index < -0.39 is 0 Å². The van der Waals surface area contributed by atoms with Crippen LogP contribution in [0, 0.1) is 0 Å². The van der Waals surface area contributed by atoms with Crippen molar-refractivity contribution in [3.63, 3.8) is 0 Å². The van der Waals surface area contributed by atoms with Crippen LogP contribution < -0.4 is 0 Å². The molecule has 0 aliphatic carbocycles. The second-order valence-corrected chi connectivity index (χ2v) is 7.47. The van der Waals surface area contributed by atoms with Crippen molar-refractivity contribution >= 4 is 0 Å². The molecule has 0 bridgehead atoms. The Kier molecular flexibility index (Phi) is 54.2. The van der Waals surface area contributed by atoms with Crippen LogP contribution in [0.5, 0.6) is 0 Å². The fourth-order valence-corrected chi connectivity index (χ4v) is 2.68. The summed E-state index contributed by atoms with van der Waals surface area (Å²) in [4.78, 5) is 0. The van der Waals surface area contributed by atoms with E-state index >= 15 is 0 Å². The van der Waals surface area contributed by atoms with Gasteiger partial charge in [-0.1, -0.05) is 117 Å². The zero-order chi connectivity index (χ0) is 20.8. The molecule has 0 saturated heterocycles. The van der Waals surface area contributed by atoms with E-state index in [-0.39, 0.29) is 25.8 Å². The second-order valence-electron chi connectivity index (χ2n) is 7.47. The van der Waals surface area contributed by atoms with Crippen LogP contribution in [0.2, 0.25) is 0 Å². The van der Waals surface area contributed by atoms with Crippen LogP contribution in [-0.2, 0) is 25.8 Å². The molecule has 0 unspecified atom stereocenters. The van der Waals surface area contributed by atoms with Crippen LogP contribution in [0.3, 0.4) is 0 Å². The van der Waals surface area contributed by atoms with E-state index in [0.717, 1.165) is 19.3 Å². The van der Waals surface area contributed by atoms with Gasteiger partial charge in [-0.2, -0.15) is 0 Å². The monoisotopic (exact) mass is 570 g/mol. The van der Waals surface area contributed by atoms with Crippen molar-refractivity contribution in [2.75, 3.05) is 19.8 Å². The SMILES string of the molecule is CCCCCCCCO.CCCCCCCCO.CCCCCCCCO.[Hf]. The number of rotatable bonds is 18.